The third-order valence-electron chi connectivity index (χ3n) is 9.29. The van der Waals surface area contributed by atoms with Crippen molar-refractivity contribution >= 4 is 11.6 Å². The molecule has 5 heteroatoms. The van der Waals surface area contributed by atoms with Crippen LogP contribution in [0.15, 0.2) is 23.8 Å². The number of fused-ring (bicyclic) bond motifs is 2. The van der Waals surface area contributed by atoms with Crippen molar-refractivity contribution in [2.24, 2.45) is 28.1 Å². The van der Waals surface area contributed by atoms with E-state index in [0.717, 1.165) is 5.57 Å². The maximum atomic E-state index is 17.1. The second-order valence-electron chi connectivity index (χ2n) is 10.1. The minimum Gasteiger partial charge on any atom is -0.390 e. The first-order chi connectivity index (χ1) is 12.5. The van der Waals surface area contributed by atoms with Gasteiger partial charge in [0.15, 0.2) is 17.2 Å². The van der Waals surface area contributed by atoms with E-state index in [4.69, 9.17) is 0 Å². The zero-order chi connectivity index (χ0) is 19.6. The summed E-state index contributed by atoms with van der Waals surface area (Å²) in [5.41, 5.74) is -4.80. The molecule has 0 saturated heterocycles. The molecule has 0 radical (unpaired) electrons. The molecular formula is C22H27FO4. The maximum Gasteiger partial charge on any atom is 0.178 e. The first kappa shape index (κ1) is 17.7. The number of ketones is 2. The Kier molecular flexibility index (Phi) is 3.04. The van der Waals surface area contributed by atoms with Crippen molar-refractivity contribution in [2.45, 2.75) is 70.2 Å². The van der Waals surface area contributed by atoms with E-state index in [1.807, 2.05) is 6.92 Å². The van der Waals surface area contributed by atoms with Crippen molar-refractivity contribution in [2.75, 3.05) is 0 Å². The van der Waals surface area contributed by atoms with E-state index >= 15 is 4.39 Å². The molecule has 1 unspecified atom stereocenters. The van der Waals surface area contributed by atoms with E-state index < -0.39 is 39.5 Å². The Hall–Kier alpha value is -1.33. The zero-order valence-corrected chi connectivity index (χ0v) is 16.1. The number of aliphatic hydroxyl groups is 2. The minimum atomic E-state index is -1.89. The Morgan fingerprint density at radius 1 is 1.33 bits per heavy atom. The van der Waals surface area contributed by atoms with Gasteiger partial charge >= 0.3 is 0 Å². The lowest BCUT2D eigenvalue weighted by Gasteiger charge is -2.61. The lowest BCUT2D eigenvalue weighted by molar-refractivity contribution is -0.195. The summed E-state index contributed by atoms with van der Waals surface area (Å²) in [6, 6.07) is 0. The highest BCUT2D eigenvalue weighted by Crippen LogP contribution is 2.89. The molecule has 5 aliphatic carbocycles. The number of hydrogen-bond donors (Lipinski definition) is 2. The average molecular weight is 374 g/mol. The van der Waals surface area contributed by atoms with Crippen LogP contribution >= 0.6 is 0 Å². The largest absolute Gasteiger partial charge is 0.390 e. The fraction of sp³-hybridized carbons (Fsp3) is 0.727. The van der Waals surface area contributed by atoms with Gasteiger partial charge in [0.25, 0.3) is 0 Å². The molecule has 0 aromatic heterocycles. The minimum absolute atomic E-state index is 0.0177. The highest BCUT2D eigenvalue weighted by atomic mass is 19.1. The maximum absolute atomic E-state index is 17.1. The van der Waals surface area contributed by atoms with Gasteiger partial charge in [0, 0.05) is 16.7 Å². The highest BCUT2D eigenvalue weighted by molar-refractivity contribution is 6.01. The number of carbonyl (C=O) groups excluding carboxylic acids is 2. The molecule has 0 heterocycles. The molecule has 2 spiro atoms. The van der Waals surface area contributed by atoms with Crippen molar-refractivity contribution in [3.05, 3.63) is 23.8 Å². The first-order valence-electron chi connectivity index (χ1n) is 10.0. The molecule has 8 atom stereocenters. The summed E-state index contributed by atoms with van der Waals surface area (Å²) in [6.45, 7) is 5.23. The van der Waals surface area contributed by atoms with Crippen LogP contribution in [-0.4, -0.2) is 39.2 Å². The van der Waals surface area contributed by atoms with E-state index in [-0.39, 0.29) is 23.9 Å². The molecule has 146 valence electrons. The van der Waals surface area contributed by atoms with Gasteiger partial charge in [-0.2, -0.15) is 0 Å². The Morgan fingerprint density at radius 2 is 2.04 bits per heavy atom. The van der Waals surface area contributed by atoms with Crippen LogP contribution in [0.3, 0.4) is 0 Å². The number of Topliss-reactive ketones (excluding diaryl/α,β-unsaturated/α-hetero) is 1. The fourth-order valence-electron chi connectivity index (χ4n) is 8.12. The van der Waals surface area contributed by atoms with E-state index in [1.54, 1.807) is 19.1 Å². The van der Waals surface area contributed by atoms with Crippen LogP contribution in [0.2, 0.25) is 0 Å². The highest BCUT2D eigenvalue weighted by Gasteiger charge is 2.90. The van der Waals surface area contributed by atoms with Gasteiger partial charge in [-0.3, -0.25) is 9.59 Å². The zero-order valence-electron chi connectivity index (χ0n) is 16.1. The van der Waals surface area contributed by atoms with E-state index in [1.165, 1.54) is 13.0 Å². The number of hydrogen-bond acceptors (Lipinski definition) is 4. The van der Waals surface area contributed by atoms with Gasteiger partial charge in [0.1, 0.15) is 5.60 Å². The van der Waals surface area contributed by atoms with Crippen LogP contribution in [0.5, 0.6) is 0 Å². The summed E-state index contributed by atoms with van der Waals surface area (Å²) in [7, 11) is 0. The van der Waals surface area contributed by atoms with Gasteiger partial charge in [-0.1, -0.05) is 18.6 Å². The number of aliphatic hydroxyl groups excluding tert-OH is 1. The molecule has 0 aromatic carbocycles. The van der Waals surface area contributed by atoms with Crippen molar-refractivity contribution in [3.63, 3.8) is 0 Å². The number of rotatable bonds is 1. The Labute approximate surface area is 158 Å². The summed E-state index contributed by atoms with van der Waals surface area (Å²) in [5.74, 6) is -0.779. The number of alkyl halides is 1. The Bertz CT molecular complexity index is 847. The van der Waals surface area contributed by atoms with Crippen LogP contribution in [0.4, 0.5) is 4.39 Å². The van der Waals surface area contributed by atoms with Gasteiger partial charge in [-0.05, 0) is 69.4 Å². The first-order valence-corrected chi connectivity index (χ1v) is 10.0. The molecular weight excluding hydrogens is 347 g/mol. The quantitative estimate of drug-likeness (QED) is 0.740. The second kappa shape index (κ2) is 4.62. The molecule has 0 amide bonds. The summed E-state index contributed by atoms with van der Waals surface area (Å²) in [6.07, 6.45) is 5.56. The third-order valence-corrected chi connectivity index (χ3v) is 9.29. The molecule has 5 aliphatic rings. The lowest BCUT2D eigenvalue weighted by atomic mass is 9.45. The van der Waals surface area contributed by atoms with Crippen LogP contribution in [0.1, 0.15) is 52.9 Å². The molecule has 27 heavy (non-hydrogen) atoms. The average Bonchev–Trinajstić information content (AvgIpc) is 3.17. The topological polar surface area (TPSA) is 74.6 Å². The predicted octanol–water partition coefficient (Wildman–Crippen LogP) is 2.68. The van der Waals surface area contributed by atoms with Crippen molar-refractivity contribution in [3.8, 4) is 0 Å². The molecule has 5 rings (SSSR count). The normalized spacial score (nSPS) is 57.9. The number of carbonyl (C=O) groups is 2. The number of allylic oxidation sites excluding steroid dienone is 4. The molecule has 2 N–H and O–H groups in total. The molecule has 0 bridgehead atoms. The summed E-state index contributed by atoms with van der Waals surface area (Å²) in [5, 5.41) is 22.2. The van der Waals surface area contributed by atoms with Crippen molar-refractivity contribution in [1.29, 1.82) is 0 Å². The van der Waals surface area contributed by atoms with Gasteiger partial charge in [-0.15, -0.1) is 0 Å². The van der Waals surface area contributed by atoms with Crippen molar-refractivity contribution in [1.82, 2.24) is 0 Å². The van der Waals surface area contributed by atoms with E-state index in [2.05, 4.69) is 0 Å². The van der Waals surface area contributed by atoms with Crippen LogP contribution in [0.25, 0.3) is 0 Å². The van der Waals surface area contributed by atoms with Crippen LogP contribution in [-0.2, 0) is 9.59 Å². The van der Waals surface area contributed by atoms with E-state index in [0.29, 0.717) is 25.7 Å². The lowest BCUT2D eigenvalue weighted by Crippen LogP contribution is -2.67. The third kappa shape index (κ3) is 1.58. The van der Waals surface area contributed by atoms with Gasteiger partial charge in [0.2, 0.25) is 0 Å². The van der Waals surface area contributed by atoms with Gasteiger partial charge in [0.05, 0.1) is 6.10 Å². The molecule has 4 nitrogen and oxygen atoms in total. The van der Waals surface area contributed by atoms with Crippen LogP contribution < -0.4 is 0 Å². The standard InChI is InChI=1S/C22H27FO4/c1-12-10-20-11-19(20)6-7-21(27,13(2)24)16(19)9-17(26)22(20,23)18(3)5-4-14(25)8-15(12)18/h4-5,8,12,16-17,26-27H,6-7,9-11H2,1-3H3/t12-,16?,17+,18+,19+,20+,21+,22+/m1/s1. The van der Waals surface area contributed by atoms with Crippen LogP contribution in [0, 0.1) is 28.1 Å². The summed E-state index contributed by atoms with van der Waals surface area (Å²) < 4.78 is 17.1. The summed E-state index contributed by atoms with van der Waals surface area (Å²) in [4.78, 5) is 24.2. The van der Waals surface area contributed by atoms with Gasteiger partial charge < -0.3 is 10.2 Å². The molecule has 4 saturated carbocycles. The molecule has 0 aromatic rings. The fourth-order valence-corrected chi connectivity index (χ4v) is 8.12. The number of halogens is 1. The van der Waals surface area contributed by atoms with E-state index in [9.17, 15) is 19.8 Å². The Balaban J connectivity index is 1.69. The van der Waals surface area contributed by atoms with Gasteiger partial charge in [-0.25, -0.2) is 4.39 Å². The SMILES string of the molecule is CC(=O)[C@@]1(O)CC[C@@]23C[C@@]24C[C@@H](C)C2=CC(=O)C=C[C@]2(C)[C@@]4(F)[C@@H](O)CC31. The summed E-state index contributed by atoms with van der Waals surface area (Å²) >= 11 is 0. The predicted molar refractivity (Wildman–Crippen MR) is 96.4 cm³/mol. The van der Waals surface area contributed by atoms with Crippen molar-refractivity contribution < 1.29 is 24.2 Å². The monoisotopic (exact) mass is 374 g/mol. The second-order valence-corrected chi connectivity index (χ2v) is 10.1. The Morgan fingerprint density at radius 3 is 2.70 bits per heavy atom. The molecule has 0 aliphatic heterocycles. The smallest absolute Gasteiger partial charge is 0.178 e. The molecule has 4 fully saturated rings.